The van der Waals surface area contributed by atoms with Gasteiger partial charge in [-0.1, -0.05) is 38.1 Å². The molecule has 2 aromatic rings. The third-order valence-corrected chi connectivity index (χ3v) is 7.10. The van der Waals surface area contributed by atoms with Crippen molar-refractivity contribution >= 4 is 24.0 Å². The lowest BCUT2D eigenvalue weighted by Gasteiger charge is -2.32. The Labute approximate surface area is 231 Å². The van der Waals surface area contributed by atoms with Crippen LogP contribution >= 0.6 is 0 Å². The van der Waals surface area contributed by atoms with Gasteiger partial charge in [-0.3, -0.25) is 9.80 Å². The number of benzene rings is 1. The molecule has 0 saturated carbocycles. The number of alkyl carbamates (subject to hydrolysis) is 1. The normalized spacial score (nSPS) is 19.6. The van der Waals surface area contributed by atoms with Crippen LogP contribution in [0.15, 0.2) is 36.5 Å². The van der Waals surface area contributed by atoms with Gasteiger partial charge in [0.05, 0.1) is 12.1 Å². The highest BCUT2D eigenvalue weighted by Gasteiger charge is 2.37. The number of hydrogen-bond donors (Lipinski definition) is 2. The summed E-state index contributed by atoms with van der Waals surface area (Å²) in [6.07, 6.45) is 2.77. The molecule has 212 valence electrons. The minimum Gasteiger partial charge on any atom is -0.447 e. The van der Waals surface area contributed by atoms with E-state index in [-0.39, 0.29) is 36.2 Å². The lowest BCUT2D eigenvalue weighted by molar-refractivity contribution is 0.0477. The number of anilines is 2. The van der Waals surface area contributed by atoms with Crippen molar-refractivity contribution in [1.29, 1.82) is 0 Å². The van der Waals surface area contributed by atoms with E-state index in [1.165, 1.54) is 5.56 Å². The number of carbonyl (C=O) groups excluding carboxylic acids is 2. The average molecular weight is 539 g/mol. The standard InChI is InChI=1S/C29H42N6O4/c1-19(2)24-18-38-28(37)35(24)25-11-14-30-26(33-25)31-20(3)22-9-7-21(8-10-22)17-34-15-12-23(13-16-34)32-27(36)39-29(4,5)6/h7-11,14,19-20,23-24H,12-13,15-18H2,1-6H3,(H,32,36)(H,30,31,33)/t20-,24+/m0/s1. The van der Waals surface area contributed by atoms with E-state index in [0.717, 1.165) is 38.0 Å². The number of amides is 2. The van der Waals surface area contributed by atoms with Crippen molar-refractivity contribution in [2.24, 2.45) is 5.92 Å². The molecule has 39 heavy (non-hydrogen) atoms. The average Bonchev–Trinajstić information content (AvgIpc) is 3.26. The third kappa shape index (κ3) is 7.81. The van der Waals surface area contributed by atoms with E-state index in [4.69, 9.17) is 9.47 Å². The first-order chi connectivity index (χ1) is 18.5. The number of cyclic esters (lactones) is 1. The molecule has 0 unspecified atom stereocenters. The Kier molecular flexibility index (Phi) is 8.94. The predicted molar refractivity (Wildman–Crippen MR) is 151 cm³/mol. The highest BCUT2D eigenvalue weighted by Crippen LogP contribution is 2.27. The minimum atomic E-state index is -0.485. The maximum absolute atomic E-state index is 12.3. The molecule has 0 aliphatic carbocycles. The van der Waals surface area contributed by atoms with E-state index in [0.29, 0.717) is 18.4 Å². The Hall–Kier alpha value is -3.40. The number of likely N-dealkylation sites (tertiary alicyclic amines) is 1. The Bertz CT molecular complexity index is 1130. The lowest BCUT2D eigenvalue weighted by Crippen LogP contribution is -2.45. The van der Waals surface area contributed by atoms with Gasteiger partial charge in [-0.15, -0.1) is 0 Å². The summed E-state index contributed by atoms with van der Waals surface area (Å²) in [5.74, 6) is 1.26. The number of nitrogens with zero attached hydrogens (tertiary/aromatic N) is 4. The summed E-state index contributed by atoms with van der Waals surface area (Å²) in [5, 5.41) is 6.36. The Morgan fingerprint density at radius 1 is 1.13 bits per heavy atom. The number of ether oxygens (including phenoxy) is 2. The number of aromatic nitrogens is 2. The van der Waals surface area contributed by atoms with Gasteiger partial charge in [0.25, 0.3) is 0 Å². The SMILES string of the molecule is CC(C)[C@H]1COC(=O)N1c1ccnc(N[C@@H](C)c2ccc(CN3CCC(NC(=O)OC(C)(C)C)CC3)cc2)n1. The number of carbonyl (C=O) groups is 2. The topological polar surface area (TPSA) is 109 Å². The summed E-state index contributed by atoms with van der Waals surface area (Å²) in [7, 11) is 0. The first kappa shape index (κ1) is 28.6. The first-order valence-corrected chi connectivity index (χ1v) is 13.8. The second kappa shape index (κ2) is 12.2. The zero-order valence-corrected chi connectivity index (χ0v) is 23.9. The molecule has 2 amide bonds. The second-order valence-electron chi connectivity index (χ2n) is 11.8. The molecule has 10 heteroatoms. The fourth-order valence-corrected chi connectivity index (χ4v) is 4.90. The van der Waals surface area contributed by atoms with Crippen LogP contribution in [0.25, 0.3) is 0 Å². The molecule has 2 fully saturated rings. The molecule has 4 rings (SSSR count). The Balaban J connectivity index is 1.28. The van der Waals surface area contributed by atoms with Crippen molar-refractivity contribution in [3.63, 3.8) is 0 Å². The second-order valence-corrected chi connectivity index (χ2v) is 11.8. The molecule has 10 nitrogen and oxygen atoms in total. The fourth-order valence-electron chi connectivity index (χ4n) is 4.90. The van der Waals surface area contributed by atoms with Gasteiger partial charge in [0.1, 0.15) is 18.0 Å². The molecule has 1 aromatic carbocycles. The van der Waals surface area contributed by atoms with Crippen molar-refractivity contribution < 1.29 is 19.1 Å². The van der Waals surface area contributed by atoms with E-state index < -0.39 is 5.60 Å². The molecular weight excluding hydrogens is 496 g/mol. The highest BCUT2D eigenvalue weighted by molar-refractivity contribution is 5.89. The van der Waals surface area contributed by atoms with E-state index in [1.807, 2.05) is 20.8 Å². The summed E-state index contributed by atoms with van der Waals surface area (Å²) < 4.78 is 10.6. The maximum Gasteiger partial charge on any atom is 0.415 e. The van der Waals surface area contributed by atoms with Crippen LogP contribution in [0.3, 0.4) is 0 Å². The summed E-state index contributed by atoms with van der Waals surface area (Å²) in [6, 6.07) is 10.4. The van der Waals surface area contributed by atoms with E-state index >= 15 is 0 Å². The maximum atomic E-state index is 12.3. The predicted octanol–water partition coefficient (Wildman–Crippen LogP) is 5.12. The molecule has 0 bridgehead atoms. The van der Waals surface area contributed by atoms with Crippen molar-refractivity contribution in [3.05, 3.63) is 47.7 Å². The van der Waals surface area contributed by atoms with Crippen molar-refractivity contribution in [2.45, 2.75) is 84.7 Å². The van der Waals surface area contributed by atoms with Gasteiger partial charge in [-0.2, -0.15) is 4.98 Å². The molecular formula is C29H42N6O4. The van der Waals surface area contributed by atoms with Crippen molar-refractivity contribution in [2.75, 3.05) is 29.9 Å². The quantitative estimate of drug-likeness (QED) is 0.477. The smallest absolute Gasteiger partial charge is 0.415 e. The van der Waals surface area contributed by atoms with Crippen LogP contribution in [0.1, 0.15) is 71.6 Å². The third-order valence-electron chi connectivity index (χ3n) is 7.10. The highest BCUT2D eigenvalue weighted by atomic mass is 16.6. The molecule has 2 aliphatic heterocycles. The monoisotopic (exact) mass is 538 g/mol. The Morgan fingerprint density at radius 2 is 1.82 bits per heavy atom. The van der Waals surface area contributed by atoms with E-state index in [1.54, 1.807) is 17.2 Å². The zero-order chi connectivity index (χ0) is 28.2. The molecule has 2 aliphatic rings. The van der Waals surface area contributed by atoms with Gasteiger partial charge in [0.2, 0.25) is 5.95 Å². The van der Waals surface area contributed by atoms with Gasteiger partial charge in [0.15, 0.2) is 0 Å². The van der Waals surface area contributed by atoms with Crippen molar-refractivity contribution in [3.8, 4) is 0 Å². The first-order valence-electron chi connectivity index (χ1n) is 13.8. The van der Waals surface area contributed by atoms with Crippen LogP contribution in [0.4, 0.5) is 21.4 Å². The summed E-state index contributed by atoms with van der Waals surface area (Å²) in [5.41, 5.74) is 1.88. The molecule has 0 spiro atoms. The van der Waals surface area contributed by atoms with Crippen LogP contribution < -0.4 is 15.5 Å². The summed E-state index contributed by atoms with van der Waals surface area (Å²) >= 11 is 0. The van der Waals surface area contributed by atoms with E-state index in [9.17, 15) is 9.59 Å². The number of hydrogen-bond acceptors (Lipinski definition) is 8. The summed E-state index contributed by atoms with van der Waals surface area (Å²) in [4.78, 5) is 37.4. The molecule has 2 N–H and O–H groups in total. The van der Waals surface area contributed by atoms with Crippen LogP contribution in [0.5, 0.6) is 0 Å². The van der Waals surface area contributed by atoms with Gasteiger partial charge in [-0.25, -0.2) is 14.6 Å². The van der Waals surface area contributed by atoms with Gasteiger partial charge >= 0.3 is 12.2 Å². The number of rotatable bonds is 8. The van der Waals surface area contributed by atoms with E-state index in [2.05, 4.69) is 70.5 Å². The van der Waals surface area contributed by atoms with Gasteiger partial charge < -0.3 is 20.1 Å². The molecule has 1 aromatic heterocycles. The minimum absolute atomic E-state index is 0.0181. The van der Waals surface area contributed by atoms with Gasteiger partial charge in [-0.05, 0) is 63.6 Å². The molecule has 2 saturated heterocycles. The molecule has 2 atom stereocenters. The van der Waals surface area contributed by atoms with Crippen LogP contribution in [0.2, 0.25) is 0 Å². The number of nitrogens with one attached hydrogen (secondary N) is 2. The van der Waals surface area contributed by atoms with Crippen molar-refractivity contribution in [1.82, 2.24) is 20.2 Å². The molecule has 3 heterocycles. The number of piperidine rings is 1. The largest absolute Gasteiger partial charge is 0.447 e. The van der Waals surface area contributed by atoms with Gasteiger partial charge in [0, 0.05) is 31.9 Å². The van der Waals surface area contributed by atoms with Crippen LogP contribution in [-0.4, -0.2) is 64.4 Å². The lowest BCUT2D eigenvalue weighted by atomic mass is 10.0. The Morgan fingerprint density at radius 3 is 2.46 bits per heavy atom. The van der Waals surface area contributed by atoms with Crippen LogP contribution in [-0.2, 0) is 16.0 Å². The summed E-state index contributed by atoms with van der Waals surface area (Å²) in [6.45, 7) is 14.9. The molecule has 0 radical (unpaired) electrons. The zero-order valence-electron chi connectivity index (χ0n) is 23.9. The fraction of sp³-hybridized carbons (Fsp3) is 0.586. The van der Waals surface area contributed by atoms with Crippen LogP contribution in [0, 0.1) is 5.92 Å².